The van der Waals surface area contributed by atoms with E-state index >= 15 is 0 Å². The van der Waals surface area contributed by atoms with Gasteiger partial charge in [0, 0.05) is 34.3 Å². The predicted molar refractivity (Wildman–Crippen MR) is 113 cm³/mol. The Morgan fingerprint density at radius 2 is 1.56 bits per heavy atom. The van der Waals surface area contributed by atoms with Crippen LogP contribution in [0.2, 0.25) is 0 Å². The quantitative estimate of drug-likeness (QED) is 0.259. The molecule has 0 aliphatic heterocycles. The minimum absolute atomic E-state index is 0.921. The van der Waals surface area contributed by atoms with Crippen LogP contribution in [-0.4, -0.2) is 9.97 Å². The first-order valence-electron chi connectivity index (χ1n) is 9.58. The maximum Gasteiger partial charge on any atom is 0.0965 e. The average Bonchev–Trinajstić information content (AvgIpc) is 2.73. The Hall–Kier alpha value is -3.18. The maximum atomic E-state index is 4.61. The molecule has 0 unspecified atom stereocenters. The molecule has 2 aromatic heterocycles. The van der Waals surface area contributed by atoms with Gasteiger partial charge >= 0.3 is 0 Å². The van der Waals surface area contributed by atoms with Crippen molar-refractivity contribution in [3.63, 3.8) is 0 Å². The fourth-order valence-corrected chi connectivity index (χ4v) is 3.28. The molecular formula is C25H22N2. The van der Waals surface area contributed by atoms with Crippen molar-refractivity contribution in [3.8, 4) is 11.8 Å². The monoisotopic (exact) mass is 350 g/mol. The van der Waals surface area contributed by atoms with E-state index in [0.717, 1.165) is 39.4 Å². The molecule has 0 aliphatic carbocycles. The zero-order valence-electron chi connectivity index (χ0n) is 15.6. The van der Waals surface area contributed by atoms with Gasteiger partial charge in [-0.2, -0.15) is 0 Å². The van der Waals surface area contributed by atoms with Crippen LogP contribution in [0.25, 0.3) is 21.8 Å². The van der Waals surface area contributed by atoms with Gasteiger partial charge in [-0.05, 0) is 42.7 Å². The summed E-state index contributed by atoms with van der Waals surface area (Å²) in [5.74, 6) is 6.49. The van der Waals surface area contributed by atoms with Crippen LogP contribution in [0, 0.1) is 11.8 Å². The number of pyridine rings is 2. The van der Waals surface area contributed by atoms with E-state index in [1.165, 1.54) is 24.8 Å². The Labute approximate surface area is 160 Å². The Morgan fingerprint density at radius 3 is 2.41 bits per heavy atom. The van der Waals surface area contributed by atoms with E-state index in [0.29, 0.717) is 0 Å². The number of hydrogen-bond donors (Lipinski definition) is 0. The first kappa shape index (κ1) is 17.2. The molecule has 0 radical (unpaired) electrons. The Kier molecular flexibility index (Phi) is 5.12. The first-order chi connectivity index (χ1) is 13.3. The van der Waals surface area contributed by atoms with Crippen LogP contribution in [0.1, 0.15) is 42.9 Å². The van der Waals surface area contributed by atoms with E-state index in [4.69, 9.17) is 0 Å². The summed E-state index contributed by atoms with van der Waals surface area (Å²) >= 11 is 0. The highest BCUT2D eigenvalue weighted by atomic mass is 14.7. The lowest BCUT2D eigenvalue weighted by Gasteiger charge is -2.02. The van der Waals surface area contributed by atoms with Gasteiger partial charge in [-0.15, -0.1) is 0 Å². The van der Waals surface area contributed by atoms with Crippen molar-refractivity contribution in [2.24, 2.45) is 0 Å². The van der Waals surface area contributed by atoms with Crippen LogP contribution >= 0.6 is 0 Å². The molecule has 0 atom stereocenters. The highest BCUT2D eigenvalue weighted by molar-refractivity contribution is 6.02. The van der Waals surface area contributed by atoms with Gasteiger partial charge < -0.3 is 0 Å². The van der Waals surface area contributed by atoms with Crippen molar-refractivity contribution in [1.82, 2.24) is 9.97 Å². The molecule has 0 amide bonds. The molecule has 2 heterocycles. The largest absolute Gasteiger partial charge is 0.254 e. The van der Waals surface area contributed by atoms with Gasteiger partial charge in [0.25, 0.3) is 0 Å². The summed E-state index contributed by atoms with van der Waals surface area (Å²) < 4.78 is 0. The standard InChI is InChI=1S/C25H22N2/c1-2-3-4-6-19-8-10-20(11-9-19)12-13-21-17-23-15-14-22-7-5-16-26-24(22)25(23)27-18-21/h5,7-11,14-18H,2-4,6H2,1H3. The number of aromatic nitrogens is 2. The van der Waals surface area contributed by atoms with E-state index < -0.39 is 0 Å². The molecule has 132 valence electrons. The van der Waals surface area contributed by atoms with Crippen LogP contribution in [-0.2, 0) is 6.42 Å². The van der Waals surface area contributed by atoms with E-state index in [1.807, 2.05) is 18.5 Å². The zero-order chi connectivity index (χ0) is 18.5. The second-order valence-corrected chi connectivity index (χ2v) is 6.84. The van der Waals surface area contributed by atoms with Gasteiger partial charge in [0.2, 0.25) is 0 Å². The number of hydrogen-bond acceptors (Lipinski definition) is 2. The van der Waals surface area contributed by atoms with Crippen LogP contribution in [0.3, 0.4) is 0 Å². The van der Waals surface area contributed by atoms with E-state index in [9.17, 15) is 0 Å². The van der Waals surface area contributed by atoms with Crippen molar-refractivity contribution in [2.75, 3.05) is 0 Å². The van der Waals surface area contributed by atoms with Crippen LogP contribution in [0.5, 0.6) is 0 Å². The van der Waals surface area contributed by atoms with E-state index in [2.05, 4.69) is 77.3 Å². The SMILES string of the molecule is CCCCCc1ccc(C#Cc2cnc3c(ccc4cccnc43)c2)cc1. The summed E-state index contributed by atoms with van der Waals surface area (Å²) in [7, 11) is 0. The number of rotatable bonds is 4. The summed E-state index contributed by atoms with van der Waals surface area (Å²) in [6.45, 7) is 2.24. The van der Waals surface area contributed by atoms with Crippen molar-refractivity contribution in [2.45, 2.75) is 32.6 Å². The normalized spacial score (nSPS) is 10.7. The Bertz CT molecular complexity index is 1130. The van der Waals surface area contributed by atoms with Gasteiger partial charge in [-0.25, -0.2) is 0 Å². The average molecular weight is 350 g/mol. The zero-order valence-corrected chi connectivity index (χ0v) is 15.6. The number of nitrogens with zero attached hydrogens (tertiary/aromatic N) is 2. The van der Waals surface area contributed by atoms with E-state index in [-0.39, 0.29) is 0 Å². The lowest BCUT2D eigenvalue weighted by molar-refractivity contribution is 0.717. The molecule has 2 aromatic carbocycles. The molecule has 0 spiro atoms. The molecule has 0 aliphatic rings. The summed E-state index contributed by atoms with van der Waals surface area (Å²) in [6, 6.07) is 18.9. The fraction of sp³-hybridized carbons (Fsp3) is 0.200. The molecule has 4 rings (SSSR count). The molecule has 2 heteroatoms. The van der Waals surface area contributed by atoms with Crippen molar-refractivity contribution in [3.05, 3.63) is 83.7 Å². The lowest BCUT2D eigenvalue weighted by Crippen LogP contribution is -1.87. The lowest BCUT2D eigenvalue weighted by atomic mass is 10.1. The molecule has 0 bridgehead atoms. The topological polar surface area (TPSA) is 25.8 Å². The summed E-state index contributed by atoms with van der Waals surface area (Å²) in [4.78, 5) is 9.08. The predicted octanol–water partition coefficient (Wildman–Crippen LogP) is 5.92. The number of fused-ring (bicyclic) bond motifs is 3. The van der Waals surface area contributed by atoms with Crippen LogP contribution < -0.4 is 0 Å². The van der Waals surface area contributed by atoms with Gasteiger partial charge in [-0.1, -0.05) is 61.9 Å². The van der Waals surface area contributed by atoms with Crippen molar-refractivity contribution in [1.29, 1.82) is 0 Å². The van der Waals surface area contributed by atoms with Gasteiger partial charge in [0.15, 0.2) is 0 Å². The van der Waals surface area contributed by atoms with Gasteiger partial charge in [0.05, 0.1) is 11.0 Å². The molecule has 0 fully saturated rings. The molecule has 0 saturated carbocycles. The van der Waals surface area contributed by atoms with Crippen LogP contribution in [0.15, 0.2) is 67.0 Å². The van der Waals surface area contributed by atoms with Gasteiger partial charge in [-0.3, -0.25) is 9.97 Å². The highest BCUT2D eigenvalue weighted by Gasteiger charge is 2.03. The van der Waals surface area contributed by atoms with E-state index in [1.54, 1.807) is 0 Å². The Balaban J connectivity index is 1.56. The first-order valence-corrected chi connectivity index (χ1v) is 9.58. The molecule has 2 nitrogen and oxygen atoms in total. The number of benzene rings is 2. The smallest absolute Gasteiger partial charge is 0.0965 e. The number of unbranched alkanes of at least 4 members (excludes halogenated alkanes) is 2. The van der Waals surface area contributed by atoms with Crippen LogP contribution in [0.4, 0.5) is 0 Å². The summed E-state index contributed by atoms with van der Waals surface area (Å²) in [5.41, 5.74) is 5.21. The minimum atomic E-state index is 0.921. The van der Waals surface area contributed by atoms with Gasteiger partial charge in [0.1, 0.15) is 0 Å². The molecule has 27 heavy (non-hydrogen) atoms. The third-order valence-corrected chi connectivity index (χ3v) is 4.80. The Morgan fingerprint density at radius 1 is 0.778 bits per heavy atom. The third-order valence-electron chi connectivity index (χ3n) is 4.80. The molecule has 4 aromatic rings. The molecular weight excluding hydrogens is 328 g/mol. The van der Waals surface area contributed by atoms with Crippen molar-refractivity contribution >= 4 is 21.8 Å². The maximum absolute atomic E-state index is 4.61. The minimum Gasteiger partial charge on any atom is -0.254 e. The summed E-state index contributed by atoms with van der Waals surface area (Å²) in [5, 5.41) is 2.18. The second kappa shape index (κ2) is 8.01. The fourth-order valence-electron chi connectivity index (χ4n) is 3.28. The third kappa shape index (κ3) is 3.99. The molecule has 0 saturated heterocycles. The van der Waals surface area contributed by atoms with Crippen molar-refractivity contribution < 1.29 is 0 Å². The number of aryl methyl sites for hydroxylation is 1. The molecule has 0 N–H and O–H groups in total. The summed E-state index contributed by atoms with van der Waals surface area (Å²) in [6.07, 6.45) is 8.61. The highest BCUT2D eigenvalue weighted by Crippen LogP contribution is 2.22. The second-order valence-electron chi connectivity index (χ2n) is 6.84.